The Morgan fingerprint density at radius 2 is 2.08 bits per heavy atom. The molecular weight excluding hydrogens is 326 g/mol. The van der Waals surface area contributed by atoms with Gasteiger partial charge in [-0.15, -0.1) is 0 Å². The van der Waals surface area contributed by atoms with Crippen LogP contribution in [0.2, 0.25) is 0 Å². The van der Waals surface area contributed by atoms with Gasteiger partial charge in [0.25, 0.3) is 0 Å². The van der Waals surface area contributed by atoms with Gasteiger partial charge in [-0.1, -0.05) is 13.0 Å². The summed E-state index contributed by atoms with van der Waals surface area (Å²) in [6, 6.07) is 4.47. The van der Waals surface area contributed by atoms with Crippen LogP contribution in [0.3, 0.4) is 0 Å². The Bertz CT molecular complexity index is 775. The summed E-state index contributed by atoms with van der Waals surface area (Å²) in [6.45, 7) is 4.69. The number of piperidine rings is 1. The lowest BCUT2D eigenvalue weighted by atomic mass is 9.42. The van der Waals surface area contributed by atoms with Crippen LogP contribution in [0.4, 0.5) is 0 Å². The molecule has 1 spiro atoms. The first-order valence-electron chi connectivity index (χ1n) is 10.5. The zero-order valence-corrected chi connectivity index (χ0v) is 15.6. The van der Waals surface area contributed by atoms with Crippen molar-refractivity contribution in [3.05, 3.63) is 23.3 Å². The molecule has 2 heterocycles. The number of likely N-dealkylation sites (tertiary alicyclic amines) is 1. The van der Waals surface area contributed by atoms with E-state index in [9.17, 15) is 10.2 Å². The number of aliphatic hydroxyl groups is 1. The van der Waals surface area contributed by atoms with Crippen molar-refractivity contribution in [2.45, 2.75) is 75.5 Å². The molecule has 1 aromatic rings. The molecule has 1 aromatic carbocycles. The molecule has 2 N–H and O–H groups in total. The second-order valence-electron chi connectivity index (χ2n) is 9.48. The van der Waals surface area contributed by atoms with E-state index in [1.54, 1.807) is 6.07 Å². The third-order valence-corrected chi connectivity index (χ3v) is 8.63. The molecule has 6 rings (SSSR count). The average Bonchev–Trinajstić information content (AvgIpc) is 3.38. The van der Waals surface area contributed by atoms with Gasteiger partial charge in [0, 0.05) is 23.6 Å². The first-order chi connectivity index (χ1) is 12.6. The topological polar surface area (TPSA) is 52.9 Å². The molecule has 0 unspecified atom stereocenters. The van der Waals surface area contributed by atoms with Crippen molar-refractivity contribution in [2.24, 2.45) is 11.3 Å². The smallest absolute Gasteiger partial charge is 0.165 e. The minimum absolute atomic E-state index is 0.119. The van der Waals surface area contributed by atoms with Crippen LogP contribution in [0.25, 0.3) is 0 Å². The Morgan fingerprint density at radius 1 is 1.23 bits per heavy atom. The predicted molar refractivity (Wildman–Crippen MR) is 98.6 cm³/mol. The monoisotopic (exact) mass is 355 g/mol. The second-order valence-corrected chi connectivity index (χ2v) is 9.48. The predicted octanol–water partition coefficient (Wildman–Crippen LogP) is 2.98. The summed E-state index contributed by atoms with van der Waals surface area (Å²) in [6.07, 6.45) is 7.31. The first kappa shape index (κ1) is 15.8. The van der Waals surface area contributed by atoms with Crippen LogP contribution in [0, 0.1) is 11.3 Å². The number of phenolic OH excluding ortho intramolecular Hbond substituents is 1. The number of hydrogen-bond acceptors (Lipinski definition) is 4. The number of nitrogens with zero attached hydrogens (tertiary/aromatic N) is 1. The molecule has 4 heteroatoms. The van der Waals surface area contributed by atoms with Gasteiger partial charge in [-0.3, -0.25) is 4.90 Å². The Labute approximate surface area is 155 Å². The molecule has 0 amide bonds. The normalized spacial score (nSPS) is 43.1. The molecule has 140 valence electrons. The van der Waals surface area contributed by atoms with E-state index in [-0.39, 0.29) is 22.7 Å². The molecule has 4 nitrogen and oxygen atoms in total. The number of phenols is 1. The molecule has 1 saturated heterocycles. The molecule has 3 aliphatic carbocycles. The zero-order valence-electron chi connectivity index (χ0n) is 15.6. The van der Waals surface area contributed by atoms with E-state index in [0.717, 1.165) is 44.6 Å². The van der Waals surface area contributed by atoms with Crippen molar-refractivity contribution in [2.75, 3.05) is 13.1 Å². The van der Waals surface area contributed by atoms with Crippen molar-refractivity contribution in [1.29, 1.82) is 0 Å². The van der Waals surface area contributed by atoms with Gasteiger partial charge in [-0.25, -0.2) is 0 Å². The minimum atomic E-state index is -0.428. The fourth-order valence-electron chi connectivity index (χ4n) is 7.40. The number of hydrogen-bond donors (Lipinski definition) is 2. The van der Waals surface area contributed by atoms with E-state index in [1.807, 2.05) is 0 Å². The Hall–Kier alpha value is -1.26. The van der Waals surface area contributed by atoms with Crippen molar-refractivity contribution in [3.63, 3.8) is 0 Å². The largest absolute Gasteiger partial charge is 0.504 e. The van der Waals surface area contributed by atoms with Gasteiger partial charge < -0.3 is 14.9 Å². The van der Waals surface area contributed by atoms with Crippen LogP contribution in [0.5, 0.6) is 11.5 Å². The molecule has 26 heavy (non-hydrogen) atoms. The third kappa shape index (κ3) is 1.65. The highest BCUT2D eigenvalue weighted by atomic mass is 16.5. The van der Waals surface area contributed by atoms with Crippen molar-refractivity contribution >= 4 is 0 Å². The molecule has 2 bridgehead atoms. The van der Waals surface area contributed by atoms with Crippen LogP contribution < -0.4 is 4.74 Å². The minimum Gasteiger partial charge on any atom is -0.504 e. The van der Waals surface area contributed by atoms with Crippen LogP contribution in [-0.2, 0) is 11.8 Å². The fraction of sp³-hybridized carbons (Fsp3) is 0.727. The molecule has 0 aromatic heterocycles. The van der Waals surface area contributed by atoms with Gasteiger partial charge in [0.15, 0.2) is 11.5 Å². The highest BCUT2D eigenvalue weighted by molar-refractivity contribution is 5.61. The van der Waals surface area contributed by atoms with Crippen LogP contribution in [0.15, 0.2) is 12.1 Å². The van der Waals surface area contributed by atoms with E-state index >= 15 is 0 Å². The lowest BCUT2D eigenvalue weighted by Gasteiger charge is -2.66. The summed E-state index contributed by atoms with van der Waals surface area (Å²) in [5, 5.41) is 21.4. The molecule has 2 aliphatic heterocycles. The van der Waals surface area contributed by atoms with Crippen molar-refractivity contribution in [3.8, 4) is 11.5 Å². The number of aromatic hydroxyl groups is 1. The summed E-state index contributed by atoms with van der Waals surface area (Å²) in [5.74, 6) is 1.84. The van der Waals surface area contributed by atoms with E-state index in [1.165, 1.54) is 30.5 Å². The van der Waals surface area contributed by atoms with E-state index < -0.39 is 6.10 Å². The van der Waals surface area contributed by atoms with E-state index in [0.29, 0.717) is 11.8 Å². The maximum atomic E-state index is 10.9. The number of aliphatic hydroxyl groups excluding tert-OH is 1. The van der Waals surface area contributed by atoms with Gasteiger partial charge in [0.2, 0.25) is 0 Å². The Kier molecular flexibility index (Phi) is 3.01. The molecule has 5 aliphatic rings. The Balaban J connectivity index is 1.58. The number of ether oxygens (including phenoxy) is 1. The van der Waals surface area contributed by atoms with E-state index in [2.05, 4.69) is 17.9 Å². The standard InChI is InChI=1S/C22H29NO3/c1-2-21-8-7-16(25)20-22(21)9-10-23(12-13-3-4-13)17(21)11-14-5-6-15(24)19(26-20)18(14)22/h5-6,13,16-17,20,24-25H,2-4,7-12H2,1H3/t16-,17-,20+,21+,22+/m1/s1. The Morgan fingerprint density at radius 3 is 2.85 bits per heavy atom. The fourth-order valence-corrected chi connectivity index (χ4v) is 7.40. The van der Waals surface area contributed by atoms with Gasteiger partial charge >= 0.3 is 0 Å². The highest BCUT2D eigenvalue weighted by Gasteiger charge is 2.72. The molecule has 3 fully saturated rings. The molecule has 0 radical (unpaired) electrons. The SMILES string of the molecule is CC[C@@]12CC[C@@H](O)[C@@H]3Oc4c(O)ccc5c4[C@@]31CCN(CC1CC1)[C@@H]2C5. The highest BCUT2D eigenvalue weighted by Crippen LogP contribution is 2.70. The quantitative estimate of drug-likeness (QED) is 0.875. The lowest BCUT2D eigenvalue weighted by molar-refractivity contribution is -0.162. The van der Waals surface area contributed by atoms with Crippen LogP contribution >= 0.6 is 0 Å². The van der Waals surface area contributed by atoms with Crippen molar-refractivity contribution in [1.82, 2.24) is 4.90 Å². The van der Waals surface area contributed by atoms with Gasteiger partial charge in [-0.05, 0) is 74.5 Å². The zero-order chi connectivity index (χ0) is 17.7. The lowest BCUT2D eigenvalue weighted by Crippen LogP contribution is -2.73. The van der Waals surface area contributed by atoms with Gasteiger partial charge in [-0.2, -0.15) is 0 Å². The maximum absolute atomic E-state index is 10.9. The summed E-state index contributed by atoms with van der Waals surface area (Å²) < 4.78 is 6.36. The summed E-state index contributed by atoms with van der Waals surface area (Å²) in [7, 11) is 0. The molecular formula is C22H29NO3. The van der Waals surface area contributed by atoms with Gasteiger partial charge in [0.1, 0.15) is 6.10 Å². The van der Waals surface area contributed by atoms with Crippen LogP contribution in [-0.4, -0.2) is 46.5 Å². The first-order valence-corrected chi connectivity index (χ1v) is 10.5. The van der Waals surface area contributed by atoms with E-state index in [4.69, 9.17) is 4.74 Å². The third-order valence-electron chi connectivity index (χ3n) is 8.63. The number of benzene rings is 1. The summed E-state index contributed by atoms with van der Waals surface area (Å²) in [4.78, 5) is 2.79. The molecule has 2 saturated carbocycles. The molecule has 5 atom stereocenters. The van der Waals surface area contributed by atoms with Crippen LogP contribution in [0.1, 0.15) is 56.6 Å². The number of rotatable bonds is 3. The maximum Gasteiger partial charge on any atom is 0.165 e. The summed E-state index contributed by atoms with van der Waals surface area (Å²) in [5.41, 5.74) is 2.65. The summed E-state index contributed by atoms with van der Waals surface area (Å²) >= 11 is 0. The van der Waals surface area contributed by atoms with Gasteiger partial charge in [0.05, 0.1) is 6.10 Å². The van der Waals surface area contributed by atoms with Crippen molar-refractivity contribution < 1.29 is 14.9 Å². The second kappa shape index (κ2) is 4.96. The average molecular weight is 355 g/mol.